The molecule has 0 radical (unpaired) electrons. The molecule has 1 N–H and O–H groups in total. The van der Waals surface area contributed by atoms with Crippen LogP contribution in [0.5, 0.6) is 11.5 Å². The summed E-state index contributed by atoms with van der Waals surface area (Å²) in [5, 5.41) is 3.36. The average molecular weight is 457 g/mol. The van der Waals surface area contributed by atoms with Crippen molar-refractivity contribution in [1.29, 1.82) is 0 Å². The molecule has 0 spiro atoms. The van der Waals surface area contributed by atoms with E-state index < -0.39 is 10.0 Å². The normalized spacial score (nSPS) is 14.2. The van der Waals surface area contributed by atoms with Crippen molar-refractivity contribution < 1.29 is 17.9 Å². The lowest BCUT2D eigenvalue weighted by Gasteiger charge is -2.20. The third-order valence-corrected chi connectivity index (χ3v) is 6.33. The maximum Gasteiger partial charge on any atom is 0.286 e. The van der Waals surface area contributed by atoms with Crippen LogP contribution in [-0.2, 0) is 16.6 Å². The van der Waals surface area contributed by atoms with Crippen molar-refractivity contribution in [3.8, 4) is 11.5 Å². The molecule has 8 heteroatoms. The van der Waals surface area contributed by atoms with Crippen LogP contribution >= 0.6 is 11.6 Å². The number of nitrogens with one attached hydrogen (secondary N) is 1. The molecule has 1 heterocycles. The molecule has 0 aliphatic carbocycles. The molecule has 3 aromatic carbocycles. The summed E-state index contributed by atoms with van der Waals surface area (Å²) in [5.41, 5.74) is 3.10. The van der Waals surface area contributed by atoms with Crippen molar-refractivity contribution in [3.05, 3.63) is 82.4 Å². The summed E-state index contributed by atoms with van der Waals surface area (Å²) in [6.45, 7) is 4.58. The third-order valence-electron chi connectivity index (χ3n) is 4.72. The van der Waals surface area contributed by atoms with Crippen LogP contribution in [0.3, 0.4) is 0 Å². The first-order valence-corrected chi connectivity index (χ1v) is 11.6. The highest BCUT2D eigenvalue weighted by Gasteiger charge is 2.26. The Morgan fingerprint density at radius 2 is 1.77 bits per heavy atom. The summed E-state index contributed by atoms with van der Waals surface area (Å²) < 4.78 is 40.8. The molecule has 0 atom stereocenters. The summed E-state index contributed by atoms with van der Waals surface area (Å²) in [4.78, 5) is 0.132. The lowest BCUT2D eigenvalue weighted by Crippen LogP contribution is -2.22. The molecule has 0 saturated heterocycles. The molecular weight excluding hydrogens is 436 g/mol. The van der Waals surface area contributed by atoms with Gasteiger partial charge in [-0.2, -0.15) is 8.42 Å². The zero-order valence-corrected chi connectivity index (χ0v) is 18.6. The number of aryl methyl sites for hydroxylation is 1. The SMILES string of the molecule is CCOc1cc(C2=NS(=O)(=O)c3ccccc3N2)cc(Cl)c1OCc1ccc(C)cc1. The van der Waals surface area contributed by atoms with Crippen LogP contribution in [0.25, 0.3) is 0 Å². The topological polar surface area (TPSA) is 77.0 Å². The highest BCUT2D eigenvalue weighted by molar-refractivity contribution is 7.90. The maximum absolute atomic E-state index is 12.6. The molecule has 1 aliphatic heterocycles. The molecule has 160 valence electrons. The minimum atomic E-state index is -3.83. The molecule has 0 amide bonds. The van der Waals surface area contributed by atoms with Crippen molar-refractivity contribution in [2.45, 2.75) is 25.3 Å². The Bertz CT molecular complexity index is 1260. The van der Waals surface area contributed by atoms with E-state index in [0.717, 1.165) is 5.56 Å². The predicted octanol–water partition coefficient (Wildman–Crippen LogP) is 5.19. The molecule has 0 bridgehead atoms. The number of benzene rings is 3. The van der Waals surface area contributed by atoms with E-state index in [1.165, 1.54) is 11.6 Å². The fourth-order valence-corrected chi connectivity index (χ4v) is 4.59. The quantitative estimate of drug-likeness (QED) is 0.552. The number of fused-ring (bicyclic) bond motifs is 1. The lowest BCUT2D eigenvalue weighted by atomic mass is 10.1. The minimum Gasteiger partial charge on any atom is -0.490 e. The fraction of sp³-hybridized carbons (Fsp3) is 0.174. The summed E-state index contributed by atoms with van der Waals surface area (Å²) in [6, 6.07) is 17.9. The summed E-state index contributed by atoms with van der Waals surface area (Å²) >= 11 is 6.52. The Morgan fingerprint density at radius 3 is 2.52 bits per heavy atom. The van der Waals surface area contributed by atoms with E-state index in [2.05, 4.69) is 9.71 Å². The summed E-state index contributed by atoms with van der Waals surface area (Å²) in [7, 11) is -3.83. The van der Waals surface area contributed by atoms with Gasteiger partial charge < -0.3 is 14.8 Å². The van der Waals surface area contributed by atoms with Crippen molar-refractivity contribution in [2.75, 3.05) is 11.9 Å². The largest absolute Gasteiger partial charge is 0.490 e. The predicted molar refractivity (Wildman–Crippen MR) is 122 cm³/mol. The van der Waals surface area contributed by atoms with E-state index in [4.69, 9.17) is 21.1 Å². The number of anilines is 1. The number of sulfonamides is 1. The average Bonchev–Trinajstić information content (AvgIpc) is 2.74. The second-order valence-corrected chi connectivity index (χ2v) is 9.01. The standard InChI is InChI=1S/C23H21ClN2O4S/c1-3-29-20-13-17(23-25-19-6-4-5-7-21(19)31(27,28)26-23)12-18(24)22(20)30-14-16-10-8-15(2)9-11-16/h4-13H,3,14H2,1-2H3,(H,25,26). The monoisotopic (exact) mass is 456 g/mol. The van der Waals surface area contributed by atoms with Gasteiger partial charge in [-0.05, 0) is 43.7 Å². The van der Waals surface area contributed by atoms with Crippen LogP contribution < -0.4 is 14.8 Å². The molecule has 1 aliphatic rings. The Balaban J connectivity index is 1.67. The molecule has 4 rings (SSSR count). The molecule has 0 unspecified atom stereocenters. The van der Waals surface area contributed by atoms with Gasteiger partial charge in [0.15, 0.2) is 17.3 Å². The molecule has 0 aromatic heterocycles. The van der Waals surface area contributed by atoms with Gasteiger partial charge in [-0.25, -0.2) is 0 Å². The number of hydrogen-bond acceptors (Lipinski definition) is 5. The second kappa shape index (κ2) is 8.61. The van der Waals surface area contributed by atoms with Crippen LogP contribution in [0.1, 0.15) is 23.6 Å². The molecular formula is C23H21ClN2O4S. The van der Waals surface area contributed by atoms with Gasteiger partial charge in [0.05, 0.1) is 17.3 Å². The molecule has 31 heavy (non-hydrogen) atoms. The Kier molecular flexibility index (Phi) is 5.89. The lowest BCUT2D eigenvalue weighted by molar-refractivity contribution is 0.269. The number of halogens is 1. The number of hydrogen-bond donors (Lipinski definition) is 1. The van der Waals surface area contributed by atoms with E-state index in [1.54, 1.807) is 30.3 Å². The van der Waals surface area contributed by atoms with E-state index in [-0.39, 0.29) is 10.7 Å². The zero-order chi connectivity index (χ0) is 22.0. The molecule has 0 fully saturated rings. The first-order chi connectivity index (χ1) is 14.9. The van der Waals surface area contributed by atoms with Crippen LogP contribution in [0.2, 0.25) is 5.02 Å². The Labute approximate surface area is 186 Å². The first kappa shape index (κ1) is 21.2. The van der Waals surface area contributed by atoms with Crippen molar-refractivity contribution in [2.24, 2.45) is 4.40 Å². The number of para-hydroxylation sites is 1. The van der Waals surface area contributed by atoms with Gasteiger partial charge in [-0.3, -0.25) is 0 Å². The fourth-order valence-electron chi connectivity index (χ4n) is 3.19. The number of amidine groups is 1. The van der Waals surface area contributed by atoms with E-state index in [1.807, 2.05) is 38.1 Å². The number of nitrogens with zero attached hydrogens (tertiary/aromatic N) is 1. The minimum absolute atomic E-state index is 0.132. The third kappa shape index (κ3) is 4.52. The van der Waals surface area contributed by atoms with Crippen LogP contribution in [0.4, 0.5) is 5.69 Å². The van der Waals surface area contributed by atoms with Crippen LogP contribution in [0.15, 0.2) is 70.0 Å². The van der Waals surface area contributed by atoms with Gasteiger partial charge >= 0.3 is 0 Å². The van der Waals surface area contributed by atoms with E-state index in [0.29, 0.717) is 41.0 Å². The van der Waals surface area contributed by atoms with Crippen LogP contribution in [-0.4, -0.2) is 20.9 Å². The molecule has 0 saturated carbocycles. The second-order valence-electron chi connectivity index (χ2n) is 7.03. The number of rotatable bonds is 6. The van der Waals surface area contributed by atoms with Crippen molar-refractivity contribution in [1.82, 2.24) is 0 Å². The first-order valence-electron chi connectivity index (χ1n) is 9.73. The highest BCUT2D eigenvalue weighted by Crippen LogP contribution is 2.38. The highest BCUT2D eigenvalue weighted by atomic mass is 35.5. The number of ether oxygens (including phenoxy) is 2. The van der Waals surface area contributed by atoms with Gasteiger partial charge in [-0.1, -0.05) is 53.6 Å². The van der Waals surface area contributed by atoms with Crippen LogP contribution in [0, 0.1) is 6.92 Å². The summed E-state index contributed by atoms with van der Waals surface area (Å²) in [6.07, 6.45) is 0. The van der Waals surface area contributed by atoms with Gasteiger partial charge in [0.2, 0.25) is 0 Å². The van der Waals surface area contributed by atoms with Crippen molar-refractivity contribution in [3.63, 3.8) is 0 Å². The Morgan fingerprint density at radius 1 is 1.03 bits per heavy atom. The Hall–Kier alpha value is -3.03. The molecule has 6 nitrogen and oxygen atoms in total. The van der Waals surface area contributed by atoms with E-state index in [9.17, 15) is 8.42 Å². The van der Waals surface area contributed by atoms with Gasteiger partial charge in [0, 0.05) is 5.56 Å². The smallest absolute Gasteiger partial charge is 0.286 e. The van der Waals surface area contributed by atoms with Gasteiger partial charge in [0.25, 0.3) is 10.0 Å². The van der Waals surface area contributed by atoms with E-state index >= 15 is 0 Å². The summed E-state index contributed by atoms with van der Waals surface area (Å²) in [5.74, 6) is 0.983. The molecule has 3 aromatic rings. The maximum atomic E-state index is 12.6. The zero-order valence-electron chi connectivity index (χ0n) is 17.1. The van der Waals surface area contributed by atoms with Gasteiger partial charge in [-0.15, -0.1) is 4.40 Å². The van der Waals surface area contributed by atoms with Gasteiger partial charge in [0.1, 0.15) is 11.5 Å². The van der Waals surface area contributed by atoms with Crippen molar-refractivity contribution >= 4 is 33.1 Å².